The van der Waals surface area contributed by atoms with Crippen molar-refractivity contribution in [3.05, 3.63) is 29.8 Å². The van der Waals surface area contributed by atoms with Crippen molar-refractivity contribution in [1.29, 1.82) is 0 Å². The van der Waals surface area contributed by atoms with Gasteiger partial charge in [-0.05, 0) is 31.5 Å². The van der Waals surface area contributed by atoms with Gasteiger partial charge in [-0.3, -0.25) is 0 Å². The monoisotopic (exact) mass is 240 g/mol. The second-order valence-corrected chi connectivity index (χ2v) is 3.87. The van der Waals surface area contributed by atoms with Crippen LogP contribution in [0.4, 0.5) is 0 Å². The van der Waals surface area contributed by atoms with E-state index in [1.54, 1.807) is 19.1 Å². The summed E-state index contributed by atoms with van der Waals surface area (Å²) in [4.78, 5) is 0. The Morgan fingerprint density at radius 2 is 2.00 bits per heavy atom. The van der Waals surface area contributed by atoms with Crippen molar-refractivity contribution >= 4 is 0 Å². The van der Waals surface area contributed by atoms with Gasteiger partial charge in [0, 0.05) is 6.61 Å². The van der Waals surface area contributed by atoms with E-state index in [0.29, 0.717) is 12.4 Å². The number of aliphatic hydroxyl groups is 2. The third kappa shape index (κ3) is 5.17. The van der Waals surface area contributed by atoms with E-state index < -0.39 is 12.2 Å². The van der Waals surface area contributed by atoms with Gasteiger partial charge in [0.1, 0.15) is 18.5 Å². The van der Waals surface area contributed by atoms with Crippen molar-refractivity contribution in [1.82, 2.24) is 0 Å². The van der Waals surface area contributed by atoms with Crippen molar-refractivity contribution in [3.8, 4) is 5.75 Å². The molecule has 0 aliphatic heterocycles. The Morgan fingerprint density at radius 3 is 2.65 bits per heavy atom. The topological polar surface area (TPSA) is 58.9 Å². The van der Waals surface area contributed by atoms with Crippen molar-refractivity contribution in [2.24, 2.45) is 0 Å². The summed E-state index contributed by atoms with van der Waals surface area (Å²) in [5.74, 6) is 0.638. The first-order valence-electron chi connectivity index (χ1n) is 5.80. The van der Waals surface area contributed by atoms with Crippen LogP contribution in [0.1, 0.15) is 25.5 Å². The van der Waals surface area contributed by atoms with Crippen LogP contribution in [0.5, 0.6) is 5.75 Å². The fourth-order valence-electron chi connectivity index (χ4n) is 1.36. The van der Waals surface area contributed by atoms with Gasteiger partial charge in [0.15, 0.2) is 0 Å². The Kier molecular flexibility index (Phi) is 5.97. The van der Waals surface area contributed by atoms with Gasteiger partial charge in [-0.25, -0.2) is 0 Å². The Bertz CT molecular complexity index is 325. The lowest BCUT2D eigenvalue weighted by molar-refractivity contribution is 0.0164. The Labute approximate surface area is 102 Å². The van der Waals surface area contributed by atoms with E-state index in [0.717, 1.165) is 5.56 Å². The lowest BCUT2D eigenvalue weighted by atomic mass is 10.1. The fourth-order valence-corrected chi connectivity index (χ4v) is 1.36. The maximum Gasteiger partial charge on any atom is 0.119 e. The van der Waals surface area contributed by atoms with Gasteiger partial charge in [-0.1, -0.05) is 12.1 Å². The summed E-state index contributed by atoms with van der Waals surface area (Å²) in [6, 6.07) is 7.19. The number of benzene rings is 1. The van der Waals surface area contributed by atoms with Gasteiger partial charge < -0.3 is 19.7 Å². The van der Waals surface area contributed by atoms with Crippen molar-refractivity contribution in [2.45, 2.75) is 26.1 Å². The van der Waals surface area contributed by atoms with Gasteiger partial charge in [0.25, 0.3) is 0 Å². The van der Waals surface area contributed by atoms with E-state index in [9.17, 15) is 10.2 Å². The van der Waals surface area contributed by atoms with Crippen molar-refractivity contribution < 1.29 is 19.7 Å². The highest BCUT2D eigenvalue weighted by atomic mass is 16.5. The van der Waals surface area contributed by atoms with Crippen LogP contribution in [0.2, 0.25) is 0 Å². The van der Waals surface area contributed by atoms with E-state index >= 15 is 0 Å². The molecule has 2 atom stereocenters. The van der Waals surface area contributed by atoms with E-state index in [1.807, 2.05) is 19.1 Å². The first-order chi connectivity index (χ1) is 8.13. The zero-order valence-electron chi connectivity index (χ0n) is 10.3. The highest BCUT2D eigenvalue weighted by molar-refractivity contribution is 5.29. The molecule has 0 amide bonds. The first kappa shape index (κ1) is 14.0. The summed E-state index contributed by atoms with van der Waals surface area (Å²) in [6.45, 7) is 4.60. The molecule has 0 bridgehead atoms. The number of hydrogen-bond donors (Lipinski definition) is 2. The van der Waals surface area contributed by atoms with Gasteiger partial charge in [-0.15, -0.1) is 0 Å². The SMILES string of the molecule is CCOCC(O)COc1cccc([C@H](C)O)c1. The van der Waals surface area contributed by atoms with Gasteiger partial charge in [-0.2, -0.15) is 0 Å². The van der Waals surface area contributed by atoms with Crippen molar-refractivity contribution in [2.75, 3.05) is 19.8 Å². The second-order valence-electron chi connectivity index (χ2n) is 3.87. The van der Waals surface area contributed by atoms with E-state index in [1.165, 1.54) is 0 Å². The molecule has 0 heterocycles. The Balaban J connectivity index is 2.43. The summed E-state index contributed by atoms with van der Waals surface area (Å²) in [5.41, 5.74) is 0.793. The highest BCUT2D eigenvalue weighted by Gasteiger charge is 2.06. The molecular formula is C13H20O4. The molecule has 0 spiro atoms. The summed E-state index contributed by atoms with van der Waals surface area (Å²) in [6.07, 6.45) is -1.16. The van der Waals surface area contributed by atoms with E-state index in [2.05, 4.69) is 0 Å². The van der Waals surface area contributed by atoms with Gasteiger partial charge in [0.05, 0.1) is 12.7 Å². The molecule has 0 radical (unpaired) electrons. The minimum absolute atomic E-state index is 0.184. The molecule has 0 saturated heterocycles. The standard InChI is InChI=1S/C13H20O4/c1-3-16-8-12(15)9-17-13-6-4-5-11(7-13)10(2)14/h4-7,10,12,14-15H,3,8-9H2,1-2H3/t10-,12?/m0/s1. The average Bonchev–Trinajstić information content (AvgIpc) is 2.34. The normalized spacial score (nSPS) is 14.4. The summed E-state index contributed by atoms with van der Waals surface area (Å²) in [7, 11) is 0. The van der Waals surface area contributed by atoms with Gasteiger partial charge >= 0.3 is 0 Å². The molecule has 1 aromatic carbocycles. The number of rotatable bonds is 7. The molecule has 0 saturated carbocycles. The zero-order chi connectivity index (χ0) is 12.7. The van der Waals surface area contributed by atoms with Gasteiger partial charge in [0.2, 0.25) is 0 Å². The summed E-state index contributed by atoms with van der Waals surface area (Å²) >= 11 is 0. The average molecular weight is 240 g/mol. The van der Waals surface area contributed by atoms with Crippen LogP contribution in [0.3, 0.4) is 0 Å². The largest absolute Gasteiger partial charge is 0.491 e. The minimum atomic E-state index is -0.634. The molecular weight excluding hydrogens is 220 g/mol. The summed E-state index contributed by atoms with van der Waals surface area (Å²) < 4.78 is 10.5. The van der Waals surface area contributed by atoms with E-state index in [-0.39, 0.29) is 13.2 Å². The molecule has 4 heteroatoms. The van der Waals surface area contributed by atoms with Crippen LogP contribution in [-0.2, 0) is 4.74 Å². The molecule has 2 N–H and O–H groups in total. The van der Waals surface area contributed by atoms with Crippen LogP contribution in [0, 0.1) is 0 Å². The van der Waals surface area contributed by atoms with Crippen LogP contribution in [-0.4, -0.2) is 36.1 Å². The molecule has 96 valence electrons. The quantitative estimate of drug-likeness (QED) is 0.758. The fraction of sp³-hybridized carbons (Fsp3) is 0.538. The molecule has 1 aromatic rings. The molecule has 0 aliphatic carbocycles. The van der Waals surface area contributed by atoms with Crippen LogP contribution in [0.15, 0.2) is 24.3 Å². The Morgan fingerprint density at radius 1 is 1.24 bits per heavy atom. The lowest BCUT2D eigenvalue weighted by Gasteiger charge is -2.13. The van der Waals surface area contributed by atoms with Crippen LogP contribution >= 0.6 is 0 Å². The predicted molar refractivity (Wildman–Crippen MR) is 65.1 cm³/mol. The highest BCUT2D eigenvalue weighted by Crippen LogP contribution is 2.18. The smallest absolute Gasteiger partial charge is 0.119 e. The zero-order valence-corrected chi connectivity index (χ0v) is 10.3. The summed E-state index contributed by atoms with van der Waals surface area (Å²) in [5, 5.41) is 18.9. The number of aliphatic hydroxyl groups excluding tert-OH is 2. The van der Waals surface area contributed by atoms with E-state index in [4.69, 9.17) is 9.47 Å². The van der Waals surface area contributed by atoms with Crippen LogP contribution in [0.25, 0.3) is 0 Å². The third-order valence-corrected chi connectivity index (χ3v) is 2.30. The molecule has 4 nitrogen and oxygen atoms in total. The molecule has 1 rings (SSSR count). The molecule has 0 fully saturated rings. The number of ether oxygens (including phenoxy) is 2. The second kappa shape index (κ2) is 7.27. The molecule has 0 aromatic heterocycles. The van der Waals surface area contributed by atoms with Crippen LogP contribution < -0.4 is 4.74 Å². The van der Waals surface area contributed by atoms with Crippen molar-refractivity contribution in [3.63, 3.8) is 0 Å². The lowest BCUT2D eigenvalue weighted by Crippen LogP contribution is -2.23. The molecule has 1 unspecified atom stereocenters. The minimum Gasteiger partial charge on any atom is -0.491 e. The molecule has 17 heavy (non-hydrogen) atoms. The predicted octanol–water partition coefficient (Wildman–Crippen LogP) is 1.52. The Hall–Kier alpha value is -1.10. The third-order valence-electron chi connectivity index (χ3n) is 2.30. The number of hydrogen-bond acceptors (Lipinski definition) is 4. The molecule has 0 aliphatic rings. The maximum absolute atomic E-state index is 9.52. The first-order valence-corrected chi connectivity index (χ1v) is 5.80. The maximum atomic E-state index is 9.52.